The van der Waals surface area contributed by atoms with E-state index in [0.717, 1.165) is 29.4 Å². The van der Waals surface area contributed by atoms with E-state index in [1.54, 1.807) is 7.11 Å². The van der Waals surface area contributed by atoms with Crippen LogP contribution in [0.4, 0.5) is 11.4 Å². The molecule has 0 aromatic heterocycles. The fourth-order valence-electron chi connectivity index (χ4n) is 2.27. The maximum atomic E-state index is 12.3. The van der Waals surface area contributed by atoms with Gasteiger partial charge in [0.15, 0.2) is 0 Å². The van der Waals surface area contributed by atoms with Gasteiger partial charge in [-0.3, -0.25) is 10.1 Å². The Morgan fingerprint density at radius 1 is 1.18 bits per heavy atom. The normalized spacial score (nSPS) is 11.9. The molecule has 10 heteroatoms. The van der Waals surface area contributed by atoms with Gasteiger partial charge >= 0.3 is 0 Å². The van der Waals surface area contributed by atoms with Gasteiger partial charge in [-0.15, -0.1) is 0 Å². The van der Waals surface area contributed by atoms with Gasteiger partial charge in [0.05, 0.1) is 22.6 Å². The van der Waals surface area contributed by atoms with E-state index in [0.29, 0.717) is 6.54 Å². The summed E-state index contributed by atoms with van der Waals surface area (Å²) in [6.07, 6.45) is 0. The number of ether oxygens (including phenoxy) is 1. The zero-order valence-electron chi connectivity index (χ0n) is 15.8. The van der Waals surface area contributed by atoms with E-state index < -0.39 is 14.9 Å². The lowest BCUT2D eigenvalue weighted by atomic mass is 10.3. The van der Waals surface area contributed by atoms with Crippen molar-refractivity contribution < 1.29 is 18.1 Å². The molecule has 0 saturated heterocycles. The second-order valence-electron chi connectivity index (χ2n) is 5.93. The van der Waals surface area contributed by atoms with Crippen LogP contribution < -0.4 is 9.46 Å². The number of nitro groups is 1. The number of nitrogens with zero attached hydrogens (tertiary/aromatic N) is 3. The number of rotatable bonds is 8. The Morgan fingerprint density at radius 3 is 2.32 bits per heavy atom. The van der Waals surface area contributed by atoms with E-state index >= 15 is 0 Å². The fraction of sp³-hybridized carbons (Fsp3) is 0.278. The van der Waals surface area contributed by atoms with Gasteiger partial charge in [0.2, 0.25) is 10.0 Å². The van der Waals surface area contributed by atoms with E-state index in [2.05, 4.69) is 9.71 Å². The Kier molecular flexibility index (Phi) is 7.07. The molecule has 0 heterocycles. The molecule has 0 aliphatic heterocycles. The minimum atomic E-state index is -3.74. The molecule has 9 nitrogen and oxygen atoms in total. The second-order valence-corrected chi connectivity index (χ2v) is 7.69. The molecule has 0 bridgehead atoms. The molecule has 0 amide bonds. The van der Waals surface area contributed by atoms with Crippen molar-refractivity contribution in [3.05, 3.63) is 58.6 Å². The van der Waals surface area contributed by atoms with Crippen LogP contribution >= 0.6 is 0 Å². The first-order valence-electron chi connectivity index (χ1n) is 8.37. The Morgan fingerprint density at radius 2 is 1.79 bits per heavy atom. The number of benzene rings is 2. The second kappa shape index (κ2) is 9.29. The summed E-state index contributed by atoms with van der Waals surface area (Å²) in [6.45, 7) is 2.39. The van der Waals surface area contributed by atoms with Gasteiger partial charge in [-0.25, -0.2) is 18.1 Å². The van der Waals surface area contributed by atoms with Gasteiger partial charge in [-0.1, -0.05) is 0 Å². The number of nitrogens with one attached hydrogen (secondary N) is 1. The molecule has 2 aromatic rings. The van der Waals surface area contributed by atoms with Crippen LogP contribution in [0, 0.1) is 10.1 Å². The zero-order valence-corrected chi connectivity index (χ0v) is 16.6. The number of nitro benzene ring substituents is 1. The molecule has 0 atom stereocenters. The molecular formula is C18H22N4O5S. The minimum Gasteiger partial charge on any atom is -0.497 e. The molecule has 0 saturated carbocycles. The molecule has 0 aliphatic rings. The number of amidine groups is 1. The monoisotopic (exact) mass is 406 g/mol. The molecular weight excluding hydrogens is 384 g/mol. The summed E-state index contributed by atoms with van der Waals surface area (Å²) in [5, 5.41) is 10.7. The van der Waals surface area contributed by atoms with Crippen LogP contribution in [-0.2, 0) is 10.0 Å². The molecule has 0 unspecified atom stereocenters. The van der Waals surface area contributed by atoms with Crippen molar-refractivity contribution in [2.75, 3.05) is 27.2 Å². The van der Waals surface area contributed by atoms with E-state index in [1.807, 2.05) is 43.1 Å². The highest BCUT2D eigenvalue weighted by Gasteiger charge is 2.15. The molecule has 0 aliphatic carbocycles. The van der Waals surface area contributed by atoms with Gasteiger partial charge in [-0.2, -0.15) is 0 Å². The van der Waals surface area contributed by atoms with Crippen molar-refractivity contribution in [2.24, 2.45) is 4.99 Å². The number of hydrogen-bond acceptors (Lipinski definition) is 6. The topological polar surface area (TPSA) is 114 Å². The van der Waals surface area contributed by atoms with Crippen molar-refractivity contribution in [3.8, 4) is 5.75 Å². The van der Waals surface area contributed by atoms with Crippen LogP contribution in [0.15, 0.2) is 58.4 Å². The molecule has 2 aromatic carbocycles. The first kappa shape index (κ1) is 21.3. The predicted molar refractivity (Wildman–Crippen MR) is 107 cm³/mol. The average Bonchev–Trinajstić information content (AvgIpc) is 2.68. The first-order valence-corrected chi connectivity index (χ1v) is 9.86. The summed E-state index contributed by atoms with van der Waals surface area (Å²) in [6, 6.07) is 12.0. The van der Waals surface area contributed by atoms with E-state index in [1.165, 1.54) is 12.1 Å². The van der Waals surface area contributed by atoms with Gasteiger partial charge in [0.25, 0.3) is 5.69 Å². The molecule has 1 N–H and O–H groups in total. The lowest BCUT2D eigenvalue weighted by Gasteiger charge is -2.19. The molecule has 150 valence electrons. The summed E-state index contributed by atoms with van der Waals surface area (Å²) < 4.78 is 32.1. The Labute approximate surface area is 163 Å². The smallest absolute Gasteiger partial charge is 0.269 e. The number of sulfonamides is 1. The quantitative estimate of drug-likeness (QED) is 0.312. The van der Waals surface area contributed by atoms with Crippen molar-refractivity contribution in [2.45, 2.75) is 11.8 Å². The lowest BCUT2D eigenvalue weighted by Crippen LogP contribution is -2.35. The summed E-state index contributed by atoms with van der Waals surface area (Å²) in [7, 11) is -0.343. The maximum absolute atomic E-state index is 12.3. The minimum absolute atomic E-state index is 0.0237. The van der Waals surface area contributed by atoms with Crippen molar-refractivity contribution >= 4 is 27.2 Å². The zero-order chi connectivity index (χ0) is 20.7. The molecule has 0 spiro atoms. The van der Waals surface area contributed by atoms with E-state index in [-0.39, 0.29) is 17.1 Å². The van der Waals surface area contributed by atoms with Crippen molar-refractivity contribution in [1.82, 2.24) is 9.62 Å². The summed E-state index contributed by atoms with van der Waals surface area (Å²) in [4.78, 5) is 16.4. The number of methoxy groups -OCH3 is 1. The van der Waals surface area contributed by atoms with Crippen LogP contribution in [0.2, 0.25) is 0 Å². The molecule has 0 fully saturated rings. The van der Waals surface area contributed by atoms with Gasteiger partial charge in [0, 0.05) is 32.3 Å². The van der Waals surface area contributed by atoms with E-state index in [9.17, 15) is 18.5 Å². The number of aliphatic imine (C=N–C) groups is 1. The third kappa shape index (κ3) is 5.76. The van der Waals surface area contributed by atoms with E-state index in [4.69, 9.17) is 4.74 Å². The highest BCUT2D eigenvalue weighted by Crippen LogP contribution is 2.18. The summed E-state index contributed by atoms with van der Waals surface area (Å²) in [5.41, 5.74) is 0.598. The van der Waals surface area contributed by atoms with Crippen LogP contribution in [-0.4, -0.2) is 51.3 Å². The molecule has 0 radical (unpaired) electrons. The van der Waals surface area contributed by atoms with Gasteiger partial charge in [-0.05, 0) is 43.3 Å². The van der Waals surface area contributed by atoms with Crippen LogP contribution in [0.1, 0.15) is 6.92 Å². The Hall–Kier alpha value is -2.98. The summed E-state index contributed by atoms with van der Waals surface area (Å²) >= 11 is 0. The third-order valence-corrected chi connectivity index (χ3v) is 5.49. The lowest BCUT2D eigenvalue weighted by molar-refractivity contribution is -0.384. The highest BCUT2D eigenvalue weighted by atomic mass is 32.2. The van der Waals surface area contributed by atoms with Crippen LogP contribution in [0.25, 0.3) is 0 Å². The average molecular weight is 406 g/mol. The largest absolute Gasteiger partial charge is 0.497 e. The predicted octanol–water partition coefficient (Wildman–Crippen LogP) is 2.56. The van der Waals surface area contributed by atoms with Crippen molar-refractivity contribution in [3.63, 3.8) is 0 Å². The number of likely N-dealkylation sites (N-methyl/N-ethyl adjacent to an activating group) is 1. The summed E-state index contributed by atoms with van der Waals surface area (Å²) in [5.74, 6) is 1.46. The first-order chi connectivity index (χ1) is 13.2. The Balaban J connectivity index is 1.93. The van der Waals surface area contributed by atoms with Gasteiger partial charge in [0.1, 0.15) is 11.6 Å². The van der Waals surface area contributed by atoms with Crippen LogP contribution in [0.5, 0.6) is 5.75 Å². The standard InChI is InChI=1S/C18H22N4O5S/c1-14(20-15-4-8-17(27-3)9-5-15)21(2)13-12-19-28(25,26)18-10-6-16(7-11-18)22(23)24/h4-11,19H,12-13H2,1-3H3. The SMILES string of the molecule is COc1ccc(N=C(C)N(C)CCNS(=O)(=O)c2ccc([N+](=O)[O-])cc2)cc1. The highest BCUT2D eigenvalue weighted by molar-refractivity contribution is 7.89. The number of non-ortho nitro benzene ring substituents is 1. The molecule has 28 heavy (non-hydrogen) atoms. The third-order valence-electron chi connectivity index (χ3n) is 4.01. The van der Waals surface area contributed by atoms with Gasteiger partial charge < -0.3 is 9.64 Å². The van der Waals surface area contributed by atoms with Crippen LogP contribution in [0.3, 0.4) is 0 Å². The molecule has 2 rings (SSSR count). The Bertz CT molecular complexity index is 941. The fourth-order valence-corrected chi connectivity index (χ4v) is 3.29. The maximum Gasteiger partial charge on any atom is 0.269 e. The number of hydrogen-bond donors (Lipinski definition) is 1. The van der Waals surface area contributed by atoms with Crippen molar-refractivity contribution in [1.29, 1.82) is 0 Å².